The van der Waals surface area contributed by atoms with Gasteiger partial charge in [0.2, 0.25) is 0 Å². The van der Waals surface area contributed by atoms with Crippen molar-refractivity contribution in [2.75, 3.05) is 13.2 Å². The number of ether oxygens (including phenoxy) is 2. The number of amides is 1. The van der Waals surface area contributed by atoms with Gasteiger partial charge in [0.1, 0.15) is 18.0 Å². The molecule has 26 heavy (non-hydrogen) atoms. The fraction of sp³-hybridized carbons (Fsp3) is 0.333. The first kappa shape index (κ1) is 19.3. The summed E-state index contributed by atoms with van der Waals surface area (Å²) in [6.45, 7) is 6.65. The fourth-order valence-corrected chi connectivity index (χ4v) is 2.29. The molecule has 1 amide bonds. The molecule has 0 N–H and O–H groups in total. The van der Waals surface area contributed by atoms with Crippen molar-refractivity contribution in [2.45, 2.75) is 32.9 Å². The van der Waals surface area contributed by atoms with E-state index in [1.807, 2.05) is 51.1 Å². The molecule has 0 aliphatic heterocycles. The first-order valence-corrected chi connectivity index (χ1v) is 8.52. The molecule has 0 saturated heterocycles. The summed E-state index contributed by atoms with van der Waals surface area (Å²) in [5.41, 5.74) is 0.995. The van der Waals surface area contributed by atoms with Crippen LogP contribution >= 0.6 is 0 Å². The summed E-state index contributed by atoms with van der Waals surface area (Å²) in [7, 11) is 0. The highest BCUT2D eigenvalue weighted by Crippen LogP contribution is 2.15. The lowest BCUT2D eigenvalue weighted by molar-refractivity contribution is 0.0209. The predicted octanol–water partition coefficient (Wildman–Crippen LogP) is 4.37. The smallest absolute Gasteiger partial charge is 0.410 e. The Hall–Kier alpha value is -3.00. The van der Waals surface area contributed by atoms with Gasteiger partial charge in [-0.25, -0.2) is 4.79 Å². The van der Waals surface area contributed by atoms with Crippen LogP contribution in [0.4, 0.5) is 4.79 Å². The molecular formula is C21H24N2O3. The Balaban J connectivity index is 2.00. The molecule has 0 aromatic heterocycles. The minimum absolute atomic E-state index is 0.307. The number of hydrogen-bond donors (Lipinski definition) is 0. The van der Waals surface area contributed by atoms with Gasteiger partial charge in [-0.1, -0.05) is 36.4 Å². The van der Waals surface area contributed by atoms with E-state index in [-0.39, 0.29) is 6.09 Å². The second kappa shape index (κ2) is 8.91. The number of carbonyl (C=O) groups is 1. The van der Waals surface area contributed by atoms with E-state index in [0.717, 1.165) is 5.56 Å². The largest absolute Gasteiger partial charge is 0.492 e. The fourth-order valence-electron chi connectivity index (χ4n) is 2.29. The molecule has 0 heterocycles. The van der Waals surface area contributed by atoms with Crippen molar-refractivity contribution < 1.29 is 14.3 Å². The first-order chi connectivity index (χ1) is 12.4. The SMILES string of the molecule is CC(C)(C)OC(=O)N(CCOc1cccc(C#N)c1)Cc1ccccc1. The van der Waals surface area contributed by atoms with Crippen molar-refractivity contribution in [3.05, 3.63) is 65.7 Å². The summed E-state index contributed by atoms with van der Waals surface area (Å²) in [6.07, 6.45) is -0.379. The molecule has 5 heteroatoms. The summed E-state index contributed by atoms with van der Waals surface area (Å²) >= 11 is 0. The summed E-state index contributed by atoms with van der Waals surface area (Å²) in [5, 5.41) is 8.95. The van der Waals surface area contributed by atoms with Crippen LogP contribution in [0.15, 0.2) is 54.6 Å². The standard InChI is InChI=1S/C21H24N2O3/c1-21(2,3)26-20(24)23(16-17-8-5-4-6-9-17)12-13-25-19-11-7-10-18(14-19)15-22/h4-11,14H,12-13,16H2,1-3H3. The zero-order chi connectivity index (χ0) is 19.0. The normalized spacial score (nSPS) is 10.7. The third kappa shape index (κ3) is 6.48. The predicted molar refractivity (Wildman–Crippen MR) is 99.7 cm³/mol. The van der Waals surface area contributed by atoms with E-state index < -0.39 is 5.60 Å². The second-order valence-electron chi connectivity index (χ2n) is 6.88. The highest BCUT2D eigenvalue weighted by Gasteiger charge is 2.22. The Labute approximate surface area is 154 Å². The van der Waals surface area contributed by atoms with E-state index in [4.69, 9.17) is 14.7 Å². The Morgan fingerprint density at radius 1 is 1.12 bits per heavy atom. The van der Waals surface area contributed by atoms with Crippen LogP contribution in [0.2, 0.25) is 0 Å². The van der Waals surface area contributed by atoms with Crippen LogP contribution in [0.3, 0.4) is 0 Å². The second-order valence-corrected chi connectivity index (χ2v) is 6.88. The number of hydrogen-bond acceptors (Lipinski definition) is 4. The molecule has 136 valence electrons. The number of benzene rings is 2. The van der Waals surface area contributed by atoms with Crippen LogP contribution < -0.4 is 4.74 Å². The van der Waals surface area contributed by atoms with Crippen LogP contribution in [0.25, 0.3) is 0 Å². The molecule has 0 radical (unpaired) electrons. The lowest BCUT2D eigenvalue weighted by atomic mass is 10.2. The average Bonchev–Trinajstić information content (AvgIpc) is 2.60. The minimum atomic E-state index is -0.562. The highest BCUT2D eigenvalue weighted by atomic mass is 16.6. The molecule has 0 spiro atoms. The van der Waals surface area contributed by atoms with Crippen LogP contribution in [-0.2, 0) is 11.3 Å². The van der Waals surface area contributed by atoms with E-state index in [9.17, 15) is 4.79 Å². The third-order valence-corrected chi connectivity index (χ3v) is 3.46. The van der Waals surface area contributed by atoms with Crippen molar-refractivity contribution in [3.63, 3.8) is 0 Å². The van der Waals surface area contributed by atoms with Gasteiger partial charge in [0.25, 0.3) is 0 Å². The van der Waals surface area contributed by atoms with Gasteiger partial charge in [0.15, 0.2) is 0 Å². The Kier molecular flexibility index (Phi) is 6.62. The molecule has 2 aromatic rings. The Morgan fingerprint density at radius 2 is 1.85 bits per heavy atom. The summed E-state index contributed by atoms with van der Waals surface area (Å²) in [6, 6.07) is 18.8. The van der Waals surface area contributed by atoms with Gasteiger partial charge < -0.3 is 14.4 Å². The molecule has 0 atom stereocenters. The maximum atomic E-state index is 12.5. The average molecular weight is 352 g/mol. The van der Waals surface area contributed by atoms with Gasteiger partial charge in [-0.2, -0.15) is 5.26 Å². The zero-order valence-electron chi connectivity index (χ0n) is 15.4. The zero-order valence-corrected chi connectivity index (χ0v) is 15.4. The lowest BCUT2D eigenvalue weighted by Crippen LogP contribution is -2.38. The van der Waals surface area contributed by atoms with Crippen molar-refractivity contribution in [2.24, 2.45) is 0 Å². The van der Waals surface area contributed by atoms with Crippen molar-refractivity contribution in [1.29, 1.82) is 5.26 Å². The molecule has 0 unspecified atom stereocenters. The summed E-state index contributed by atoms with van der Waals surface area (Å²) in [5.74, 6) is 0.605. The maximum Gasteiger partial charge on any atom is 0.410 e. The van der Waals surface area contributed by atoms with Gasteiger partial charge in [0.05, 0.1) is 18.2 Å². The molecular weight excluding hydrogens is 328 g/mol. The van der Waals surface area contributed by atoms with Gasteiger partial charge in [0, 0.05) is 6.54 Å². The molecule has 0 fully saturated rings. The van der Waals surface area contributed by atoms with Crippen molar-refractivity contribution >= 4 is 6.09 Å². The molecule has 0 bridgehead atoms. The van der Waals surface area contributed by atoms with Crippen LogP contribution in [0.1, 0.15) is 31.9 Å². The van der Waals surface area contributed by atoms with Gasteiger partial charge in [-0.3, -0.25) is 0 Å². The quantitative estimate of drug-likeness (QED) is 0.774. The van der Waals surface area contributed by atoms with Gasteiger partial charge >= 0.3 is 6.09 Å². The Morgan fingerprint density at radius 3 is 2.50 bits per heavy atom. The van der Waals surface area contributed by atoms with E-state index in [0.29, 0.717) is 31.0 Å². The molecule has 2 aromatic carbocycles. The highest BCUT2D eigenvalue weighted by molar-refractivity contribution is 5.68. The minimum Gasteiger partial charge on any atom is -0.492 e. The van der Waals surface area contributed by atoms with Gasteiger partial charge in [-0.15, -0.1) is 0 Å². The van der Waals surface area contributed by atoms with E-state index >= 15 is 0 Å². The van der Waals surface area contributed by atoms with E-state index in [2.05, 4.69) is 6.07 Å². The third-order valence-electron chi connectivity index (χ3n) is 3.46. The maximum absolute atomic E-state index is 12.5. The topological polar surface area (TPSA) is 62.6 Å². The summed E-state index contributed by atoms with van der Waals surface area (Å²) in [4.78, 5) is 14.1. The number of carbonyl (C=O) groups excluding carboxylic acids is 1. The van der Waals surface area contributed by atoms with E-state index in [1.165, 1.54) is 0 Å². The monoisotopic (exact) mass is 352 g/mol. The molecule has 0 aliphatic rings. The number of rotatable bonds is 6. The van der Waals surface area contributed by atoms with Crippen molar-refractivity contribution in [3.8, 4) is 11.8 Å². The van der Waals surface area contributed by atoms with Gasteiger partial charge in [-0.05, 0) is 44.5 Å². The summed E-state index contributed by atoms with van der Waals surface area (Å²) < 4.78 is 11.2. The number of nitrogens with zero attached hydrogens (tertiary/aromatic N) is 2. The van der Waals surface area contributed by atoms with E-state index in [1.54, 1.807) is 29.2 Å². The van der Waals surface area contributed by atoms with Crippen LogP contribution in [0.5, 0.6) is 5.75 Å². The molecule has 2 rings (SSSR count). The van der Waals surface area contributed by atoms with Crippen molar-refractivity contribution in [1.82, 2.24) is 4.90 Å². The molecule has 5 nitrogen and oxygen atoms in total. The first-order valence-electron chi connectivity index (χ1n) is 8.52. The van der Waals surface area contributed by atoms with Crippen LogP contribution in [0, 0.1) is 11.3 Å². The molecule has 0 saturated carbocycles. The number of nitriles is 1. The van der Waals surface area contributed by atoms with Crippen LogP contribution in [-0.4, -0.2) is 29.7 Å². The Bertz CT molecular complexity index is 761. The lowest BCUT2D eigenvalue weighted by Gasteiger charge is -2.27. The molecule has 0 aliphatic carbocycles.